The normalized spacial score (nSPS) is 11.9. The van der Waals surface area contributed by atoms with Gasteiger partial charge in [0.15, 0.2) is 0 Å². The van der Waals surface area contributed by atoms with Gasteiger partial charge in [0.2, 0.25) is 0 Å². The molecule has 1 nitrogen and oxygen atoms in total. The van der Waals surface area contributed by atoms with Gasteiger partial charge in [-0.15, -0.1) is 0 Å². The summed E-state index contributed by atoms with van der Waals surface area (Å²) in [4.78, 5) is 0. The Morgan fingerprint density at radius 3 is 1.35 bits per heavy atom. The van der Waals surface area contributed by atoms with E-state index in [9.17, 15) is 0 Å². The molecule has 0 saturated heterocycles. The van der Waals surface area contributed by atoms with E-state index in [0.29, 0.717) is 0 Å². The molecule has 1 heteroatoms. The van der Waals surface area contributed by atoms with E-state index in [-0.39, 0.29) is 0 Å². The maximum atomic E-state index is 2.48. The van der Waals surface area contributed by atoms with Gasteiger partial charge in [0, 0.05) is 16.8 Å². The molecule has 0 fully saturated rings. The second-order valence-electron chi connectivity index (χ2n) is 13.4. The minimum Gasteiger partial charge on any atom is -0.314 e. The van der Waals surface area contributed by atoms with Crippen LogP contribution >= 0.6 is 0 Å². The Kier molecular flexibility index (Phi) is 6.07. The number of fused-ring (bicyclic) bond motifs is 6. The number of hydrogen-bond acceptors (Lipinski definition) is 0. The van der Waals surface area contributed by atoms with Gasteiger partial charge in [-0.25, -0.2) is 0 Å². The third kappa shape index (κ3) is 4.26. The molecule has 0 N–H and O–H groups in total. The molecular weight excluding hydrogens is 591 g/mol. The van der Waals surface area contributed by atoms with E-state index in [1.54, 1.807) is 0 Å². The minimum atomic E-state index is 1.19. The smallest absolute Gasteiger partial charge is 0.0540 e. The number of aryl methyl sites for hydroxylation is 1. The van der Waals surface area contributed by atoms with Crippen molar-refractivity contribution >= 4 is 64.8 Å². The molecule has 230 valence electrons. The van der Waals surface area contributed by atoms with Crippen LogP contribution in [0.5, 0.6) is 0 Å². The fourth-order valence-corrected chi connectivity index (χ4v) is 8.20. The van der Waals surface area contributed by atoms with E-state index in [2.05, 4.69) is 182 Å². The molecule has 9 aromatic carbocycles. The summed E-state index contributed by atoms with van der Waals surface area (Å²) in [5.74, 6) is 0. The van der Waals surface area contributed by atoms with Crippen LogP contribution in [0, 0.1) is 13.8 Å². The summed E-state index contributed by atoms with van der Waals surface area (Å²) in [6.07, 6.45) is 0. The van der Waals surface area contributed by atoms with Crippen LogP contribution < -0.4 is 0 Å². The molecule has 0 aliphatic rings. The average molecular weight is 624 g/mol. The van der Waals surface area contributed by atoms with Gasteiger partial charge in [0.25, 0.3) is 0 Å². The highest BCUT2D eigenvalue weighted by molar-refractivity contribution is 6.24. The molecule has 49 heavy (non-hydrogen) atoms. The Bertz CT molecular complexity index is 2960. The van der Waals surface area contributed by atoms with Crippen molar-refractivity contribution in [2.75, 3.05) is 0 Å². The van der Waals surface area contributed by atoms with Crippen molar-refractivity contribution in [3.63, 3.8) is 0 Å². The summed E-state index contributed by atoms with van der Waals surface area (Å²) >= 11 is 0. The van der Waals surface area contributed by atoms with Crippen molar-refractivity contribution in [1.82, 2.24) is 4.57 Å². The number of nitrogens with zero attached hydrogens (tertiary/aromatic N) is 1. The molecule has 10 aromatic rings. The molecular formula is C48H33N. The maximum Gasteiger partial charge on any atom is 0.0540 e. The Morgan fingerprint density at radius 1 is 0.347 bits per heavy atom. The van der Waals surface area contributed by atoms with Crippen LogP contribution in [-0.4, -0.2) is 4.57 Å². The molecule has 0 aliphatic carbocycles. The summed E-state index contributed by atoms with van der Waals surface area (Å²) in [7, 11) is 0. The highest BCUT2D eigenvalue weighted by atomic mass is 15.0. The molecule has 0 aliphatic heterocycles. The third-order valence-electron chi connectivity index (χ3n) is 10.7. The fraction of sp³-hybridized carbons (Fsp3) is 0.0417. The van der Waals surface area contributed by atoms with Crippen LogP contribution in [0.25, 0.3) is 92.7 Å². The lowest BCUT2D eigenvalue weighted by molar-refractivity contribution is 1.04. The van der Waals surface area contributed by atoms with E-state index in [0.717, 1.165) is 0 Å². The van der Waals surface area contributed by atoms with Gasteiger partial charge in [-0.05, 0) is 132 Å². The molecule has 0 bridgehead atoms. The lowest BCUT2D eigenvalue weighted by atomic mass is 9.84. The van der Waals surface area contributed by atoms with Crippen molar-refractivity contribution in [1.29, 1.82) is 0 Å². The van der Waals surface area contributed by atoms with E-state index in [4.69, 9.17) is 0 Å². The summed E-state index contributed by atoms with van der Waals surface area (Å²) in [6.45, 7) is 4.54. The zero-order chi connectivity index (χ0) is 32.6. The van der Waals surface area contributed by atoms with Gasteiger partial charge in [-0.3, -0.25) is 0 Å². The Balaban J connectivity index is 1.37. The summed E-state index contributed by atoms with van der Waals surface area (Å²) in [5, 5.41) is 13.9. The second kappa shape index (κ2) is 10.7. The summed E-state index contributed by atoms with van der Waals surface area (Å²) < 4.78 is 2.46. The first-order valence-corrected chi connectivity index (χ1v) is 17.1. The van der Waals surface area contributed by atoms with Crippen molar-refractivity contribution < 1.29 is 0 Å². The first-order valence-electron chi connectivity index (χ1n) is 17.1. The monoisotopic (exact) mass is 623 g/mol. The maximum absolute atomic E-state index is 2.48. The van der Waals surface area contributed by atoms with Gasteiger partial charge < -0.3 is 4.57 Å². The zero-order valence-electron chi connectivity index (χ0n) is 27.5. The van der Waals surface area contributed by atoms with Crippen LogP contribution in [0.1, 0.15) is 11.3 Å². The molecule has 0 radical (unpaired) electrons. The summed E-state index contributed by atoms with van der Waals surface area (Å²) in [6, 6.07) is 60.7. The van der Waals surface area contributed by atoms with E-state index in [1.165, 1.54) is 104 Å². The third-order valence-corrected chi connectivity index (χ3v) is 10.7. The number of hydrogen-bond donors (Lipinski definition) is 0. The molecule has 1 heterocycles. The largest absolute Gasteiger partial charge is 0.314 e. The lowest BCUT2D eigenvalue weighted by Gasteiger charge is -2.19. The number of aromatic nitrogens is 1. The Morgan fingerprint density at radius 2 is 0.796 bits per heavy atom. The molecule has 0 unspecified atom stereocenters. The molecule has 0 atom stereocenters. The van der Waals surface area contributed by atoms with Crippen LogP contribution in [0.3, 0.4) is 0 Å². The van der Waals surface area contributed by atoms with Gasteiger partial charge in [0.1, 0.15) is 0 Å². The van der Waals surface area contributed by atoms with Crippen LogP contribution in [-0.2, 0) is 0 Å². The number of rotatable bonds is 3. The Labute approximate surface area is 285 Å². The van der Waals surface area contributed by atoms with Crippen LogP contribution in [0.4, 0.5) is 0 Å². The fourth-order valence-electron chi connectivity index (χ4n) is 8.20. The van der Waals surface area contributed by atoms with Crippen molar-refractivity contribution in [3.8, 4) is 27.9 Å². The topological polar surface area (TPSA) is 4.93 Å². The van der Waals surface area contributed by atoms with Gasteiger partial charge >= 0.3 is 0 Å². The molecule has 0 saturated carbocycles. The Hall–Kier alpha value is -6.18. The van der Waals surface area contributed by atoms with Crippen molar-refractivity contribution in [2.45, 2.75) is 13.8 Å². The van der Waals surface area contributed by atoms with E-state index < -0.39 is 0 Å². The van der Waals surface area contributed by atoms with Crippen LogP contribution in [0.2, 0.25) is 0 Å². The van der Waals surface area contributed by atoms with E-state index in [1.807, 2.05) is 0 Å². The zero-order valence-corrected chi connectivity index (χ0v) is 27.5. The van der Waals surface area contributed by atoms with Crippen molar-refractivity contribution in [2.24, 2.45) is 0 Å². The first-order chi connectivity index (χ1) is 24.1. The second-order valence-corrected chi connectivity index (χ2v) is 13.4. The highest BCUT2D eigenvalue weighted by Crippen LogP contribution is 2.47. The quantitative estimate of drug-likeness (QED) is 0.173. The standard InChI is InChI=1S/C48H33N/c1-30-31(2)49(40-24-23-34-13-5-8-16-37(34)27-40)46-29-45-44(28-43(30)46)47(38-21-19-32-11-3-6-14-35(32)25-38)41-17-9-10-18-42(41)48(45)39-22-20-33-12-4-7-15-36(33)26-39/h3-29H,1-2H3. The number of benzene rings is 9. The summed E-state index contributed by atoms with van der Waals surface area (Å²) in [5.41, 5.74) is 10.1. The van der Waals surface area contributed by atoms with E-state index >= 15 is 0 Å². The first kappa shape index (κ1) is 27.9. The predicted octanol–water partition coefficient (Wildman–Crippen LogP) is 13.3. The molecule has 10 rings (SSSR count). The average Bonchev–Trinajstić information content (AvgIpc) is 3.40. The van der Waals surface area contributed by atoms with Gasteiger partial charge in [-0.2, -0.15) is 0 Å². The van der Waals surface area contributed by atoms with Crippen molar-refractivity contribution in [3.05, 3.63) is 175 Å². The molecule has 0 amide bonds. The predicted molar refractivity (Wildman–Crippen MR) is 211 cm³/mol. The van der Waals surface area contributed by atoms with Gasteiger partial charge in [-0.1, -0.05) is 127 Å². The SMILES string of the molecule is Cc1c(C)n(-c2ccc3ccccc3c2)c2cc3c(-c4ccc5ccccc5c4)c4ccccc4c(-c4ccc5ccccc5c4)c3cc12. The van der Waals surface area contributed by atoms with Gasteiger partial charge in [0.05, 0.1) is 5.52 Å². The lowest BCUT2D eigenvalue weighted by Crippen LogP contribution is -1.97. The molecule has 1 aromatic heterocycles. The minimum absolute atomic E-state index is 1.19. The van der Waals surface area contributed by atoms with Crippen LogP contribution in [0.15, 0.2) is 164 Å². The highest BCUT2D eigenvalue weighted by Gasteiger charge is 2.21. The molecule has 0 spiro atoms.